The Morgan fingerprint density at radius 2 is 1.70 bits per heavy atom. The van der Waals surface area contributed by atoms with E-state index in [9.17, 15) is 9.59 Å². The van der Waals surface area contributed by atoms with Crippen LogP contribution in [-0.2, 0) is 16.1 Å². The van der Waals surface area contributed by atoms with Gasteiger partial charge in [0, 0.05) is 25.6 Å². The van der Waals surface area contributed by atoms with E-state index in [0.717, 1.165) is 16.9 Å². The molecule has 3 N–H and O–H groups in total. The predicted molar refractivity (Wildman–Crippen MR) is 99.8 cm³/mol. The summed E-state index contributed by atoms with van der Waals surface area (Å²) in [7, 11) is 3.19. The largest absolute Gasteiger partial charge is 0.497 e. The first kappa shape index (κ1) is 20.6. The van der Waals surface area contributed by atoms with E-state index in [-0.39, 0.29) is 24.9 Å². The van der Waals surface area contributed by atoms with Crippen LogP contribution in [0.5, 0.6) is 5.75 Å². The monoisotopic (exact) mass is 372 g/mol. The Hall–Kier alpha value is -2.74. The van der Waals surface area contributed by atoms with Crippen LogP contribution < -0.4 is 15.5 Å². The fourth-order valence-electron chi connectivity index (χ4n) is 2.62. The van der Waals surface area contributed by atoms with Gasteiger partial charge in [-0.05, 0) is 35.4 Å². The maximum Gasteiger partial charge on any atom is 0.274 e. The number of hydrogen-bond acceptors (Lipinski definition) is 6. The number of rotatable bonds is 10. The molecule has 0 saturated carbocycles. The number of nitrogens with one attached hydrogen (secondary N) is 2. The fourth-order valence-corrected chi connectivity index (χ4v) is 2.62. The van der Waals surface area contributed by atoms with Gasteiger partial charge in [0.2, 0.25) is 0 Å². The molecular formula is C20H24N2O5. The molecule has 0 aliphatic carbocycles. The van der Waals surface area contributed by atoms with Crippen molar-refractivity contribution in [2.24, 2.45) is 0 Å². The van der Waals surface area contributed by atoms with Gasteiger partial charge in [-0.15, -0.1) is 0 Å². The second-order valence-corrected chi connectivity index (χ2v) is 5.98. The lowest BCUT2D eigenvalue weighted by molar-refractivity contribution is -0.120. The van der Waals surface area contributed by atoms with E-state index < -0.39 is 5.91 Å². The number of carbonyl (C=O) groups excluding carboxylic acids is 2. The average Bonchev–Trinajstić information content (AvgIpc) is 2.72. The average molecular weight is 372 g/mol. The predicted octanol–water partition coefficient (Wildman–Crippen LogP) is 2.25. The molecule has 1 unspecified atom stereocenters. The summed E-state index contributed by atoms with van der Waals surface area (Å²) in [5.74, 6) is 0.229. The summed E-state index contributed by atoms with van der Waals surface area (Å²) in [5.41, 5.74) is 3.79. The highest BCUT2D eigenvalue weighted by molar-refractivity contribution is 5.93. The van der Waals surface area contributed by atoms with Crippen molar-refractivity contribution in [2.45, 2.75) is 19.1 Å². The zero-order chi connectivity index (χ0) is 19.6. The molecule has 27 heavy (non-hydrogen) atoms. The molecule has 2 rings (SSSR count). The van der Waals surface area contributed by atoms with E-state index in [4.69, 9.17) is 14.7 Å². The standard InChI is InChI=1S/C20H24N2O5/c1-26-18-9-7-15(8-10-18)19(27-2)11-17(23)13-21-12-14-3-5-16(6-4-14)20(24)22-25/h3-10,19,21,25H,11-13H2,1-2H3,(H,22,24). The number of hydroxylamine groups is 1. The van der Waals surface area contributed by atoms with Gasteiger partial charge < -0.3 is 14.8 Å². The zero-order valence-corrected chi connectivity index (χ0v) is 15.4. The van der Waals surface area contributed by atoms with Crippen molar-refractivity contribution in [3.63, 3.8) is 0 Å². The highest BCUT2D eigenvalue weighted by Gasteiger charge is 2.15. The van der Waals surface area contributed by atoms with Crippen LogP contribution >= 0.6 is 0 Å². The van der Waals surface area contributed by atoms with Gasteiger partial charge in [0.05, 0.1) is 19.8 Å². The number of Topliss-reactive ketones (excluding diaryl/α,β-unsaturated/α-hetero) is 1. The normalized spacial score (nSPS) is 11.7. The van der Waals surface area contributed by atoms with Crippen LogP contribution in [0.25, 0.3) is 0 Å². The SMILES string of the molecule is COc1ccc(C(CC(=O)CNCc2ccc(C(=O)NO)cc2)OC)cc1. The molecular weight excluding hydrogens is 348 g/mol. The maximum absolute atomic E-state index is 12.2. The Balaban J connectivity index is 1.81. The molecule has 0 aromatic heterocycles. The minimum atomic E-state index is -0.561. The van der Waals surface area contributed by atoms with Gasteiger partial charge in [-0.3, -0.25) is 14.8 Å². The number of hydrogen-bond donors (Lipinski definition) is 3. The van der Waals surface area contributed by atoms with Crippen molar-refractivity contribution in [2.75, 3.05) is 20.8 Å². The highest BCUT2D eigenvalue weighted by Crippen LogP contribution is 2.23. The zero-order valence-electron chi connectivity index (χ0n) is 15.4. The Labute approximate surface area is 158 Å². The molecule has 0 aliphatic heterocycles. The molecule has 7 nitrogen and oxygen atoms in total. The Bertz CT molecular complexity index is 744. The number of ketones is 1. The minimum absolute atomic E-state index is 0.0361. The Kier molecular flexibility index (Phi) is 7.94. The van der Waals surface area contributed by atoms with E-state index in [1.807, 2.05) is 24.3 Å². The number of carbonyl (C=O) groups is 2. The smallest absolute Gasteiger partial charge is 0.274 e. The summed E-state index contributed by atoms with van der Waals surface area (Å²) < 4.78 is 10.6. The molecule has 0 aliphatic rings. The van der Waals surface area contributed by atoms with Crippen molar-refractivity contribution in [1.29, 1.82) is 0 Å². The van der Waals surface area contributed by atoms with Gasteiger partial charge in [0.25, 0.3) is 5.91 Å². The van der Waals surface area contributed by atoms with Crippen LogP contribution in [0.2, 0.25) is 0 Å². The first-order valence-corrected chi connectivity index (χ1v) is 8.50. The summed E-state index contributed by atoms with van der Waals surface area (Å²) in [6.45, 7) is 0.710. The molecule has 0 spiro atoms. The first-order chi connectivity index (χ1) is 13.1. The summed E-state index contributed by atoms with van der Waals surface area (Å²) in [5, 5.41) is 11.7. The van der Waals surface area contributed by atoms with Crippen LogP contribution in [0.15, 0.2) is 48.5 Å². The quantitative estimate of drug-likeness (QED) is 0.437. The summed E-state index contributed by atoms with van der Waals surface area (Å²) in [6, 6.07) is 14.2. The topological polar surface area (TPSA) is 96.9 Å². The molecule has 0 radical (unpaired) electrons. The van der Waals surface area contributed by atoms with Crippen molar-refractivity contribution in [3.05, 3.63) is 65.2 Å². The van der Waals surface area contributed by atoms with E-state index in [1.54, 1.807) is 44.0 Å². The van der Waals surface area contributed by atoms with E-state index in [1.165, 1.54) is 0 Å². The molecule has 7 heteroatoms. The number of amides is 1. The molecule has 0 saturated heterocycles. The molecule has 2 aromatic rings. The summed E-state index contributed by atoms with van der Waals surface area (Å²) >= 11 is 0. The maximum atomic E-state index is 12.2. The summed E-state index contributed by atoms with van der Waals surface area (Å²) in [4.78, 5) is 23.5. The van der Waals surface area contributed by atoms with Gasteiger partial charge >= 0.3 is 0 Å². The van der Waals surface area contributed by atoms with Gasteiger partial charge in [-0.1, -0.05) is 24.3 Å². The molecule has 144 valence electrons. The van der Waals surface area contributed by atoms with Crippen LogP contribution in [0, 0.1) is 0 Å². The van der Waals surface area contributed by atoms with Crippen molar-refractivity contribution in [3.8, 4) is 5.75 Å². The lowest BCUT2D eigenvalue weighted by atomic mass is 10.0. The van der Waals surface area contributed by atoms with Crippen molar-refractivity contribution < 1.29 is 24.3 Å². The molecule has 1 atom stereocenters. The highest BCUT2D eigenvalue weighted by atomic mass is 16.5. The van der Waals surface area contributed by atoms with Crippen LogP contribution in [0.1, 0.15) is 34.0 Å². The fraction of sp³-hybridized carbons (Fsp3) is 0.300. The van der Waals surface area contributed by atoms with Crippen molar-refractivity contribution >= 4 is 11.7 Å². The van der Waals surface area contributed by atoms with Gasteiger partial charge in [-0.2, -0.15) is 0 Å². The van der Waals surface area contributed by atoms with Crippen molar-refractivity contribution in [1.82, 2.24) is 10.8 Å². The van der Waals surface area contributed by atoms with Gasteiger partial charge in [-0.25, -0.2) is 5.48 Å². The van der Waals surface area contributed by atoms with E-state index in [0.29, 0.717) is 12.1 Å². The van der Waals surface area contributed by atoms with Crippen LogP contribution in [-0.4, -0.2) is 37.7 Å². The lowest BCUT2D eigenvalue weighted by Crippen LogP contribution is -2.24. The van der Waals surface area contributed by atoms with Crippen LogP contribution in [0.3, 0.4) is 0 Å². The van der Waals surface area contributed by atoms with Crippen LogP contribution in [0.4, 0.5) is 0 Å². The third-order valence-corrected chi connectivity index (χ3v) is 4.15. The minimum Gasteiger partial charge on any atom is -0.497 e. The number of ether oxygens (including phenoxy) is 2. The Morgan fingerprint density at radius 3 is 2.26 bits per heavy atom. The third-order valence-electron chi connectivity index (χ3n) is 4.15. The second kappa shape index (κ2) is 10.4. The first-order valence-electron chi connectivity index (χ1n) is 8.50. The summed E-state index contributed by atoms with van der Waals surface area (Å²) in [6.07, 6.45) is -0.0349. The second-order valence-electron chi connectivity index (χ2n) is 5.98. The molecule has 0 bridgehead atoms. The molecule has 1 amide bonds. The van der Waals surface area contributed by atoms with Gasteiger partial charge in [0.15, 0.2) is 0 Å². The lowest BCUT2D eigenvalue weighted by Gasteiger charge is -2.15. The van der Waals surface area contributed by atoms with Gasteiger partial charge in [0.1, 0.15) is 11.5 Å². The number of methoxy groups -OCH3 is 2. The number of benzene rings is 2. The third kappa shape index (κ3) is 6.18. The van der Waals surface area contributed by atoms with E-state index >= 15 is 0 Å². The molecule has 2 aromatic carbocycles. The molecule has 0 heterocycles. The Morgan fingerprint density at radius 1 is 1.04 bits per heavy atom. The molecule has 0 fully saturated rings. The van der Waals surface area contributed by atoms with E-state index in [2.05, 4.69) is 5.32 Å².